The molecule has 0 spiro atoms. The van der Waals surface area contributed by atoms with Gasteiger partial charge in [-0.2, -0.15) is 0 Å². The van der Waals surface area contributed by atoms with Crippen molar-refractivity contribution >= 4 is 39.3 Å². The molecule has 0 aliphatic carbocycles. The molecule has 4 rings (SSSR count). The van der Waals surface area contributed by atoms with E-state index in [1.54, 1.807) is 44.2 Å². The van der Waals surface area contributed by atoms with Crippen molar-refractivity contribution in [2.75, 3.05) is 35.0 Å². The van der Waals surface area contributed by atoms with Gasteiger partial charge in [-0.3, -0.25) is 9.36 Å². The Morgan fingerprint density at radius 1 is 1.08 bits per heavy atom. The van der Waals surface area contributed by atoms with Crippen molar-refractivity contribution in [1.29, 1.82) is 0 Å². The third kappa shape index (κ3) is 5.13. The number of esters is 1. The molecule has 12 heteroatoms. The molecule has 3 aromatic rings. The van der Waals surface area contributed by atoms with Crippen LogP contribution in [0.25, 0.3) is 6.08 Å². The third-order valence-corrected chi connectivity index (χ3v) is 7.54. The summed E-state index contributed by atoms with van der Waals surface area (Å²) >= 11 is 4.53. The fourth-order valence-electron chi connectivity index (χ4n) is 4.37. The van der Waals surface area contributed by atoms with Crippen LogP contribution in [0.4, 0.5) is 0 Å². The Bertz CT molecular complexity index is 1630. The molecular weight excluding hydrogens is 592 g/mol. The molecule has 1 aliphatic heterocycles. The van der Waals surface area contributed by atoms with E-state index in [4.69, 9.17) is 23.7 Å². The number of methoxy groups -OCH3 is 4. The minimum atomic E-state index is -0.901. The van der Waals surface area contributed by atoms with E-state index in [1.807, 2.05) is 0 Å². The minimum Gasteiger partial charge on any atom is -0.504 e. The summed E-state index contributed by atoms with van der Waals surface area (Å²) < 4.78 is 29.5. The van der Waals surface area contributed by atoms with Crippen LogP contribution >= 0.6 is 27.3 Å². The first-order chi connectivity index (χ1) is 18.7. The van der Waals surface area contributed by atoms with Crippen LogP contribution < -0.4 is 33.8 Å². The number of phenolic OH excluding ortho intramolecular Hbond substituents is 1. The van der Waals surface area contributed by atoms with Crippen LogP contribution in [-0.2, 0) is 9.53 Å². The normalized spacial score (nSPS) is 14.9. The highest BCUT2D eigenvalue weighted by Crippen LogP contribution is 2.42. The van der Waals surface area contributed by atoms with E-state index in [0.29, 0.717) is 47.9 Å². The predicted molar refractivity (Wildman–Crippen MR) is 149 cm³/mol. The van der Waals surface area contributed by atoms with E-state index >= 15 is 0 Å². The fourth-order valence-corrected chi connectivity index (χ4v) is 5.86. The summed E-state index contributed by atoms with van der Waals surface area (Å²) in [5, 5.41) is 10.7. The van der Waals surface area contributed by atoms with Crippen molar-refractivity contribution in [3.63, 3.8) is 0 Å². The zero-order valence-electron chi connectivity index (χ0n) is 22.2. The second kappa shape index (κ2) is 11.5. The van der Waals surface area contributed by atoms with E-state index < -0.39 is 17.6 Å². The lowest BCUT2D eigenvalue weighted by Gasteiger charge is -2.26. The van der Waals surface area contributed by atoms with Crippen LogP contribution in [-0.4, -0.2) is 50.7 Å². The van der Waals surface area contributed by atoms with Crippen LogP contribution in [0.3, 0.4) is 0 Å². The predicted octanol–water partition coefficient (Wildman–Crippen LogP) is 3.30. The van der Waals surface area contributed by atoms with Crippen LogP contribution in [0.15, 0.2) is 49.8 Å². The molecule has 1 N–H and O–H groups in total. The van der Waals surface area contributed by atoms with Gasteiger partial charge in [0.1, 0.15) is 0 Å². The molecule has 39 heavy (non-hydrogen) atoms. The standard InChI is InChI=1S/C27H27BrN2O8S/c1-7-38-26(33)21-13(2)29-27-30(22(21)14-9-18(35-4)24(37-6)19(10-14)36-5)25(32)20(39-27)11-15-8-16(28)12-17(34-3)23(15)31/h8-12,22,31H,7H2,1-6H3/b20-11-/t22-/m0/s1. The average Bonchev–Trinajstić information content (AvgIpc) is 3.22. The largest absolute Gasteiger partial charge is 0.504 e. The smallest absolute Gasteiger partial charge is 0.338 e. The highest BCUT2D eigenvalue weighted by Gasteiger charge is 2.34. The number of aromatic nitrogens is 1. The number of carbonyl (C=O) groups excluding carboxylic acids is 1. The number of fused-ring (bicyclic) bond motifs is 1. The van der Waals surface area contributed by atoms with Gasteiger partial charge in [0.05, 0.1) is 56.9 Å². The van der Waals surface area contributed by atoms with Gasteiger partial charge in [0.2, 0.25) is 5.75 Å². The third-order valence-electron chi connectivity index (χ3n) is 6.10. The van der Waals surface area contributed by atoms with Crippen molar-refractivity contribution in [3.05, 3.63) is 70.8 Å². The molecule has 1 aliphatic rings. The van der Waals surface area contributed by atoms with Crippen molar-refractivity contribution in [2.45, 2.75) is 19.9 Å². The summed E-state index contributed by atoms with van der Waals surface area (Å²) in [6.45, 7) is 3.54. The number of hydrogen-bond acceptors (Lipinski definition) is 10. The second-order valence-corrected chi connectivity index (χ2v) is 10.2. The lowest BCUT2D eigenvalue weighted by molar-refractivity contribution is -0.139. The van der Waals surface area contributed by atoms with Crippen molar-refractivity contribution in [3.8, 4) is 28.7 Å². The molecule has 0 unspecified atom stereocenters. The van der Waals surface area contributed by atoms with Gasteiger partial charge in [-0.15, -0.1) is 0 Å². The van der Waals surface area contributed by atoms with Gasteiger partial charge in [0, 0.05) is 10.0 Å². The zero-order valence-corrected chi connectivity index (χ0v) is 24.6. The lowest BCUT2D eigenvalue weighted by atomic mass is 9.95. The van der Waals surface area contributed by atoms with Crippen LogP contribution in [0.1, 0.15) is 31.0 Å². The zero-order chi connectivity index (χ0) is 28.4. The Hall–Kier alpha value is -3.77. The van der Waals surface area contributed by atoms with Crippen LogP contribution in [0.5, 0.6) is 28.7 Å². The Balaban J connectivity index is 2.04. The van der Waals surface area contributed by atoms with E-state index in [9.17, 15) is 14.7 Å². The van der Waals surface area contributed by atoms with Gasteiger partial charge in [0.15, 0.2) is 27.8 Å². The van der Waals surface area contributed by atoms with E-state index in [1.165, 1.54) is 33.0 Å². The molecule has 0 saturated heterocycles. The van der Waals surface area contributed by atoms with E-state index in [2.05, 4.69) is 20.9 Å². The SMILES string of the molecule is CCOC(=O)C1=C(C)N=c2s/c(=C\c3cc(Br)cc(OC)c3O)c(=O)n2[C@H]1c1cc(OC)c(OC)c(OC)c1. The number of halogens is 1. The summed E-state index contributed by atoms with van der Waals surface area (Å²) in [5.74, 6) is 0.626. The molecular formula is C27H27BrN2O8S. The molecule has 0 amide bonds. The van der Waals surface area contributed by atoms with E-state index in [0.717, 1.165) is 11.3 Å². The summed E-state index contributed by atoms with van der Waals surface area (Å²) in [4.78, 5) is 32.1. The number of aromatic hydroxyl groups is 1. The lowest BCUT2D eigenvalue weighted by Crippen LogP contribution is -2.40. The maximum absolute atomic E-state index is 13.9. The first-order valence-electron chi connectivity index (χ1n) is 11.7. The monoisotopic (exact) mass is 618 g/mol. The molecule has 1 atom stereocenters. The van der Waals surface area contributed by atoms with Crippen molar-refractivity contribution < 1.29 is 33.6 Å². The highest BCUT2D eigenvalue weighted by atomic mass is 79.9. The molecule has 1 aromatic heterocycles. The van der Waals surface area contributed by atoms with Gasteiger partial charge in [-0.1, -0.05) is 27.3 Å². The molecule has 10 nitrogen and oxygen atoms in total. The maximum atomic E-state index is 13.9. The number of thiazole rings is 1. The number of phenols is 1. The molecule has 2 heterocycles. The number of allylic oxidation sites excluding steroid dienone is 1. The van der Waals surface area contributed by atoms with Gasteiger partial charge in [-0.25, -0.2) is 9.79 Å². The average molecular weight is 619 g/mol. The van der Waals surface area contributed by atoms with E-state index in [-0.39, 0.29) is 23.7 Å². The molecule has 0 bridgehead atoms. The molecule has 0 radical (unpaired) electrons. The quantitative estimate of drug-likeness (QED) is 0.382. The summed E-state index contributed by atoms with van der Waals surface area (Å²) in [6.07, 6.45) is 1.56. The molecule has 0 fully saturated rings. The topological polar surface area (TPSA) is 118 Å². The van der Waals surface area contributed by atoms with Crippen LogP contribution in [0.2, 0.25) is 0 Å². The minimum absolute atomic E-state index is 0.115. The van der Waals surface area contributed by atoms with Crippen molar-refractivity contribution in [1.82, 2.24) is 4.57 Å². The number of carbonyl (C=O) groups is 1. The summed E-state index contributed by atoms with van der Waals surface area (Å²) in [5.41, 5.74) is 1.10. The van der Waals surface area contributed by atoms with Crippen molar-refractivity contribution in [2.24, 2.45) is 4.99 Å². The fraction of sp³-hybridized carbons (Fsp3) is 0.296. The molecule has 206 valence electrons. The van der Waals surface area contributed by atoms with Gasteiger partial charge >= 0.3 is 5.97 Å². The van der Waals surface area contributed by atoms with Gasteiger partial charge < -0.3 is 28.8 Å². The Morgan fingerprint density at radius 2 is 1.72 bits per heavy atom. The molecule has 2 aromatic carbocycles. The number of hydrogen-bond donors (Lipinski definition) is 1. The first-order valence-corrected chi connectivity index (χ1v) is 13.4. The van der Waals surface area contributed by atoms with Crippen LogP contribution in [0, 0.1) is 0 Å². The second-order valence-electron chi connectivity index (χ2n) is 8.31. The maximum Gasteiger partial charge on any atom is 0.338 e. The Kier molecular flexibility index (Phi) is 8.36. The summed E-state index contributed by atoms with van der Waals surface area (Å²) in [7, 11) is 5.90. The number of nitrogens with zero attached hydrogens (tertiary/aromatic N) is 2. The number of benzene rings is 2. The number of ether oxygens (including phenoxy) is 5. The number of rotatable bonds is 8. The molecule has 0 saturated carbocycles. The summed E-state index contributed by atoms with van der Waals surface area (Å²) in [6, 6.07) is 5.76. The Morgan fingerprint density at radius 3 is 2.28 bits per heavy atom. The Labute approximate surface area is 236 Å². The first kappa shape index (κ1) is 28.2. The van der Waals surface area contributed by atoms with Gasteiger partial charge in [-0.05, 0) is 49.8 Å². The highest BCUT2D eigenvalue weighted by molar-refractivity contribution is 9.10. The van der Waals surface area contributed by atoms with Gasteiger partial charge in [0.25, 0.3) is 5.56 Å².